The van der Waals surface area contributed by atoms with Crippen LogP contribution in [0.2, 0.25) is 0 Å². The van der Waals surface area contributed by atoms with E-state index in [9.17, 15) is 8.78 Å². The van der Waals surface area contributed by atoms with Gasteiger partial charge in [-0.15, -0.1) is 0 Å². The first kappa shape index (κ1) is 12.5. The van der Waals surface area contributed by atoms with Crippen molar-refractivity contribution < 1.29 is 18.3 Å². The quantitative estimate of drug-likeness (QED) is 0.808. The lowest BCUT2D eigenvalue weighted by Gasteiger charge is -2.29. The predicted octanol–water partition coefficient (Wildman–Crippen LogP) is 3.02. The molecule has 0 N–H and O–H groups in total. The molecule has 1 aliphatic rings. The maximum Gasteiger partial charge on any atom is 0.252 e. The fraction of sp³-hybridized carbons (Fsp3) is 0.538. The zero-order valence-electron chi connectivity index (χ0n) is 9.57. The van der Waals surface area contributed by atoms with Gasteiger partial charge < -0.3 is 9.47 Å². The fourth-order valence-corrected chi connectivity index (χ4v) is 1.86. The Morgan fingerprint density at radius 1 is 1.29 bits per heavy atom. The highest BCUT2D eigenvalue weighted by molar-refractivity contribution is 5.13. The van der Waals surface area contributed by atoms with E-state index in [-0.39, 0.29) is 26.1 Å². The Bertz CT molecular complexity index is 341. The van der Waals surface area contributed by atoms with Crippen molar-refractivity contribution in [3.05, 3.63) is 35.9 Å². The van der Waals surface area contributed by atoms with E-state index in [2.05, 4.69) is 0 Å². The molecule has 1 fully saturated rings. The van der Waals surface area contributed by atoms with E-state index >= 15 is 0 Å². The molecule has 2 rings (SSSR count). The molecule has 1 heterocycles. The summed E-state index contributed by atoms with van der Waals surface area (Å²) in [4.78, 5) is 0. The van der Waals surface area contributed by atoms with E-state index in [0.717, 1.165) is 5.56 Å². The van der Waals surface area contributed by atoms with Gasteiger partial charge in [-0.2, -0.15) is 0 Å². The lowest BCUT2D eigenvalue weighted by Crippen LogP contribution is -2.36. The Labute approximate surface area is 99.5 Å². The van der Waals surface area contributed by atoms with Gasteiger partial charge in [0.15, 0.2) is 0 Å². The monoisotopic (exact) mass is 242 g/mol. The minimum atomic E-state index is -2.60. The lowest BCUT2D eigenvalue weighted by molar-refractivity contribution is -0.145. The highest BCUT2D eigenvalue weighted by Crippen LogP contribution is 2.30. The Kier molecular flexibility index (Phi) is 4.07. The summed E-state index contributed by atoms with van der Waals surface area (Å²) in [7, 11) is 0. The van der Waals surface area contributed by atoms with Crippen LogP contribution >= 0.6 is 0 Å². The first-order chi connectivity index (χ1) is 8.16. The molecule has 0 spiro atoms. The second kappa shape index (κ2) is 5.56. The van der Waals surface area contributed by atoms with Gasteiger partial charge in [0.05, 0.1) is 25.9 Å². The minimum absolute atomic E-state index is 0.117. The van der Waals surface area contributed by atoms with Gasteiger partial charge in [-0.25, -0.2) is 8.78 Å². The van der Waals surface area contributed by atoms with Crippen LogP contribution < -0.4 is 0 Å². The smallest absolute Gasteiger partial charge is 0.252 e. The number of halogens is 2. The van der Waals surface area contributed by atoms with Crippen LogP contribution in [-0.4, -0.2) is 25.2 Å². The van der Waals surface area contributed by atoms with Gasteiger partial charge in [0.25, 0.3) is 5.92 Å². The van der Waals surface area contributed by atoms with E-state index < -0.39 is 12.0 Å². The summed E-state index contributed by atoms with van der Waals surface area (Å²) in [6.45, 7) is 0.781. The predicted molar refractivity (Wildman–Crippen MR) is 60.0 cm³/mol. The molecule has 17 heavy (non-hydrogen) atoms. The van der Waals surface area contributed by atoms with E-state index in [1.807, 2.05) is 30.3 Å². The molecule has 1 unspecified atom stereocenters. The van der Waals surface area contributed by atoms with Crippen LogP contribution in [0.1, 0.15) is 18.4 Å². The number of hydrogen-bond acceptors (Lipinski definition) is 2. The van der Waals surface area contributed by atoms with Crippen molar-refractivity contribution in [2.45, 2.75) is 31.5 Å². The van der Waals surface area contributed by atoms with Crippen molar-refractivity contribution >= 4 is 0 Å². The van der Waals surface area contributed by atoms with Gasteiger partial charge in [0, 0.05) is 12.8 Å². The van der Waals surface area contributed by atoms with Crippen LogP contribution in [0.15, 0.2) is 30.3 Å². The molecular weight excluding hydrogens is 226 g/mol. The van der Waals surface area contributed by atoms with E-state index in [1.165, 1.54) is 0 Å². The standard InChI is InChI=1S/C13H16F2O2/c14-13(15)6-7-17-12(8-13)10-16-9-11-4-2-1-3-5-11/h1-5,12H,6-10H2. The van der Waals surface area contributed by atoms with Gasteiger partial charge in [-0.1, -0.05) is 30.3 Å². The third kappa shape index (κ3) is 4.06. The van der Waals surface area contributed by atoms with Gasteiger partial charge >= 0.3 is 0 Å². The number of rotatable bonds is 4. The van der Waals surface area contributed by atoms with Crippen LogP contribution in [0, 0.1) is 0 Å². The number of ether oxygens (including phenoxy) is 2. The summed E-state index contributed by atoms with van der Waals surface area (Å²) < 4.78 is 36.8. The average Bonchev–Trinajstić information content (AvgIpc) is 2.29. The van der Waals surface area contributed by atoms with Crippen LogP contribution in [0.5, 0.6) is 0 Å². The third-order valence-corrected chi connectivity index (χ3v) is 2.76. The van der Waals surface area contributed by atoms with Crippen molar-refractivity contribution in [2.75, 3.05) is 13.2 Å². The highest BCUT2D eigenvalue weighted by Gasteiger charge is 2.36. The van der Waals surface area contributed by atoms with E-state index in [1.54, 1.807) is 0 Å². The molecule has 0 aromatic heterocycles. The molecule has 0 amide bonds. The molecule has 0 aliphatic carbocycles. The van der Waals surface area contributed by atoms with Crippen LogP contribution in [0.3, 0.4) is 0 Å². The molecule has 4 heteroatoms. The zero-order chi connectivity index (χ0) is 12.1. The summed E-state index contributed by atoms with van der Waals surface area (Å²) in [6.07, 6.45) is -0.897. The van der Waals surface area contributed by atoms with Crippen LogP contribution in [0.25, 0.3) is 0 Å². The second-order valence-corrected chi connectivity index (χ2v) is 4.30. The molecule has 0 radical (unpaired) electrons. The van der Waals surface area contributed by atoms with Crippen molar-refractivity contribution in [3.8, 4) is 0 Å². The second-order valence-electron chi connectivity index (χ2n) is 4.30. The largest absolute Gasteiger partial charge is 0.375 e. The Morgan fingerprint density at radius 3 is 2.76 bits per heavy atom. The third-order valence-electron chi connectivity index (χ3n) is 2.76. The molecule has 1 aromatic rings. The van der Waals surface area contributed by atoms with Gasteiger partial charge in [-0.3, -0.25) is 0 Å². The summed E-state index contributed by atoms with van der Waals surface area (Å²) in [5.41, 5.74) is 1.04. The number of benzene rings is 1. The molecular formula is C13H16F2O2. The van der Waals surface area contributed by atoms with Crippen LogP contribution in [0.4, 0.5) is 8.78 Å². The van der Waals surface area contributed by atoms with Crippen LogP contribution in [-0.2, 0) is 16.1 Å². The Morgan fingerprint density at radius 2 is 2.06 bits per heavy atom. The highest BCUT2D eigenvalue weighted by atomic mass is 19.3. The van der Waals surface area contributed by atoms with Gasteiger partial charge in [-0.05, 0) is 5.56 Å². The summed E-state index contributed by atoms with van der Waals surface area (Å²) in [6, 6.07) is 9.65. The fourth-order valence-electron chi connectivity index (χ4n) is 1.86. The van der Waals surface area contributed by atoms with Gasteiger partial charge in [0.1, 0.15) is 0 Å². The van der Waals surface area contributed by atoms with E-state index in [0.29, 0.717) is 6.61 Å². The summed E-state index contributed by atoms with van der Waals surface area (Å²) in [5.74, 6) is -2.60. The molecule has 1 aromatic carbocycles. The molecule has 94 valence electrons. The first-order valence-electron chi connectivity index (χ1n) is 5.77. The lowest BCUT2D eigenvalue weighted by atomic mass is 10.1. The molecule has 0 bridgehead atoms. The number of hydrogen-bond donors (Lipinski definition) is 0. The molecule has 2 nitrogen and oxygen atoms in total. The Balaban J connectivity index is 1.72. The number of alkyl halides is 2. The van der Waals surface area contributed by atoms with Crippen molar-refractivity contribution in [2.24, 2.45) is 0 Å². The van der Waals surface area contributed by atoms with Crippen molar-refractivity contribution in [3.63, 3.8) is 0 Å². The first-order valence-corrected chi connectivity index (χ1v) is 5.77. The maximum atomic E-state index is 13.1. The summed E-state index contributed by atoms with van der Waals surface area (Å²) >= 11 is 0. The molecule has 1 aliphatic heterocycles. The normalized spacial score (nSPS) is 23.5. The summed E-state index contributed by atoms with van der Waals surface area (Å²) in [5, 5.41) is 0. The van der Waals surface area contributed by atoms with Crippen molar-refractivity contribution in [1.29, 1.82) is 0 Å². The molecule has 0 saturated carbocycles. The minimum Gasteiger partial charge on any atom is -0.375 e. The van der Waals surface area contributed by atoms with Crippen molar-refractivity contribution in [1.82, 2.24) is 0 Å². The topological polar surface area (TPSA) is 18.5 Å². The zero-order valence-corrected chi connectivity index (χ0v) is 9.57. The van der Waals surface area contributed by atoms with E-state index in [4.69, 9.17) is 9.47 Å². The SMILES string of the molecule is FC1(F)CCOC(COCc2ccccc2)C1. The van der Waals surface area contributed by atoms with Gasteiger partial charge in [0.2, 0.25) is 0 Å². The Hall–Kier alpha value is -1.00. The average molecular weight is 242 g/mol. The molecule has 1 saturated heterocycles. The maximum absolute atomic E-state index is 13.1. The molecule has 1 atom stereocenters.